The Hall–Kier alpha value is -3.11. The van der Waals surface area contributed by atoms with Gasteiger partial charge in [0.25, 0.3) is 5.91 Å². The summed E-state index contributed by atoms with van der Waals surface area (Å²) >= 11 is 0. The lowest BCUT2D eigenvalue weighted by Crippen LogP contribution is -2.22. The van der Waals surface area contributed by atoms with Crippen LogP contribution in [0.2, 0.25) is 0 Å². The zero-order valence-electron chi connectivity index (χ0n) is 11.9. The van der Waals surface area contributed by atoms with E-state index in [1.165, 1.54) is 14.1 Å². The van der Waals surface area contributed by atoms with Crippen LogP contribution < -0.4 is 5.43 Å². The lowest BCUT2D eigenvalue weighted by molar-refractivity contribution is -0.385. The Morgan fingerprint density at radius 1 is 1.50 bits per heavy atom. The van der Waals surface area contributed by atoms with Crippen molar-refractivity contribution in [1.82, 2.24) is 25.0 Å². The summed E-state index contributed by atoms with van der Waals surface area (Å²) in [5.41, 5.74) is 1.90. The van der Waals surface area contributed by atoms with Gasteiger partial charge in [0.05, 0.1) is 22.4 Å². The number of aromatic nitrogens is 4. The van der Waals surface area contributed by atoms with Crippen molar-refractivity contribution in [2.24, 2.45) is 19.2 Å². The van der Waals surface area contributed by atoms with Crippen LogP contribution in [0, 0.1) is 23.0 Å². The number of hydrazone groups is 1. The number of amides is 1. The molecule has 2 aromatic heterocycles. The number of hydrogen-bond donors (Lipinski definition) is 1. The van der Waals surface area contributed by atoms with Gasteiger partial charge >= 0.3 is 5.69 Å². The maximum absolute atomic E-state index is 13.6. The summed E-state index contributed by atoms with van der Waals surface area (Å²) in [5.74, 6) is -1.44. The van der Waals surface area contributed by atoms with Crippen LogP contribution in [-0.4, -0.2) is 36.6 Å². The molecule has 2 heterocycles. The molecule has 0 aliphatic heterocycles. The van der Waals surface area contributed by atoms with Crippen molar-refractivity contribution in [1.29, 1.82) is 0 Å². The highest BCUT2D eigenvalue weighted by Crippen LogP contribution is 2.16. The highest BCUT2D eigenvalue weighted by Gasteiger charge is 2.25. The van der Waals surface area contributed by atoms with E-state index in [-0.39, 0.29) is 11.3 Å². The van der Waals surface area contributed by atoms with E-state index in [9.17, 15) is 19.3 Å². The van der Waals surface area contributed by atoms with Crippen LogP contribution in [0.5, 0.6) is 0 Å². The molecular formula is C11H12FN7O3. The third-order valence-corrected chi connectivity index (χ3v) is 2.89. The van der Waals surface area contributed by atoms with Gasteiger partial charge in [-0.15, -0.1) is 0 Å². The molecule has 11 heteroatoms. The molecule has 0 aliphatic rings. The molecule has 0 atom stereocenters. The topological polar surface area (TPSA) is 120 Å². The molecule has 22 heavy (non-hydrogen) atoms. The molecule has 2 aromatic rings. The molecule has 0 spiro atoms. The van der Waals surface area contributed by atoms with E-state index in [0.29, 0.717) is 5.69 Å². The number of carbonyl (C=O) groups is 1. The minimum absolute atomic E-state index is 0.113. The van der Waals surface area contributed by atoms with Crippen LogP contribution in [0.3, 0.4) is 0 Å². The minimum atomic E-state index is -0.829. The normalized spacial score (nSPS) is 11.1. The molecule has 2 rings (SSSR count). The Morgan fingerprint density at radius 3 is 2.73 bits per heavy atom. The summed E-state index contributed by atoms with van der Waals surface area (Å²) < 4.78 is 15.7. The number of halogens is 1. The fourth-order valence-electron chi connectivity index (χ4n) is 1.82. The van der Waals surface area contributed by atoms with Gasteiger partial charge in [0.1, 0.15) is 6.20 Å². The van der Waals surface area contributed by atoms with Crippen molar-refractivity contribution in [3.8, 4) is 0 Å². The summed E-state index contributed by atoms with van der Waals surface area (Å²) in [6.07, 6.45) is 2.04. The molecule has 116 valence electrons. The average molecular weight is 309 g/mol. The first-order valence-electron chi connectivity index (χ1n) is 6.01. The van der Waals surface area contributed by atoms with Crippen molar-refractivity contribution in [2.45, 2.75) is 6.92 Å². The largest absolute Gasteiger partial charge is 0.320 e. The van der Waals surface area contributed by atoms with Crippen molar-refractivity contribution >= 4 is 17.8 Å². The van der Waals surface area contributed by atoms with Gasteiger partial charge < -0.3 is 0 Å². The molecule has 0 fully saturated rings. The molecule has 0 aromatic carbocycles. The average Bonchev–Trinajstić information content (AvgIpc) is 2.94. The first kappa shape index (κ1) is 15.3. The van der Waals surface area contributed by atoms with E-state index in [4.69, 9.17) is 0 Å². The van der Waals surface area contributed by atoms with Crippen molar-refractivity contribution in [3.05, 3.63) is 39.2 Å². The first-order chi connectivity index (χ1) is 10.3. The number of hydrogen-bond acceptors (Lipinski definition) is 6. The lowest BCUT2D eigenvalue weighted by Gasteiger charge is -1.99. The molecule has 1 N–H and O–H groups in total. The fraction of sp³-hybridized carbons (Fsp3) is 0.273. The zero-order valence-corrected chi connectivity index (χ0v) is 11.9. The smallest absolute Gasteiger partial charge is 0.265 e. The van der Waals surface area contributed by atoms with Crippen LogP contribution >= 0.6 is 0 Å². The van der Waals surface area contributed by atoms with Crippen LogP contribution in [-0.2, 0) is 14.1 Å². The second-order valence-corrected chi connectivity index (χ2v) is 4.37. The summed E-state index contributed by atoms with van der Waals surface area (Å²) in [7, 11) is 2.81. The number of nitrogens with zero attached hydrogens (tertiary/aromatic N) is 6. The van der Waals surface area contributed by atoms with Gasteiger partial charge in [0, 0.05) is 14.1 Å². The number of rotatable bonds is 4. The maximum Gasteiger partial charge on any atom is 0.320 e. The number of nitrogens with one attached hydrogen (secondary N) is 1. The second-order valence-electron chi connectivity index (χ2n) is 4.37. The molecule has 0 aliphatic carbocycles. The monoisotopic (exact) mass is 309 g/mol. The number of aryl methyl sites for hydroxylation is 3. The van der Waals surface area contributed by atoms with Gasteiger partial charge in [0.15, 0.2) is 0 Å². The van der Waals surface area contributed by atoms with Gasteiger partial charge in [-0.1, -0.05) is 0 Å². The van der Waals surface area contributed by atoms with E-state index in [2.05, 4.69) is 20.7 Å². The third kappa shape index (κ3) is 2.68. The van der Waals surface area contributed by atoms with Gasteiger partial charge in [-0.2, -0.15) is 19.7 Å². The van der Waals surface area contributed by atoms with Gasteiger partial charge in [-0.3, -0.25) is 19.6 Å². The quantitative estimate of drug-likeness (QED) is 0.494. The molecule has 0 radical (unpaired) electrons. The predicted octanol–water partition coefficient (Wildman–Crippen LogP) is 0.273. The van der Waals surface area contributed by atoms with Crippen LogP contribution in [0.15, 0.2) is 11.3 Å². The Kier molecular flexibility index (Phi) is 3.97. The standard InChI is InChI=1S/C11H12FN7O3/c1-6-7(10(12)18(3)16-6)4-13-15-11(20)9-8(19(21)22)5-14-17(9)2/h4-5H,1-3H3,(H,15,20)/b13-4-. The van der Waals surface area contributed by atoms with Crippen molar-refractivity contribution in [3.63, 3.8) is 0 Å². The van der Waals surface area contributed by atoms with Crippen molar-refractivity contribution in [2.75, 3.05) is 0 Å². The third-order valence-electron chi connectivity index (χ3n) is 2.89. The minimum Gasteiger partial charge on any atom is -0.265 e. The lowest BCUT2D eigenvalue weighted by atomic mass is 10.3. The number of carbonyl (C=O) groups excluding carboxylic acids is 1. The van der Waals surface area contributed by atoms with E-state index < -0.39 is 22.5 Å². The Bertz CT molecular complexity index is 777. The molecule has 10 nitrogen and oxygen atoms in total. The fourth-order valence-corrected chi connectivity index (χ4v) is 1.82. The van der Waals surface area contributed by atoms with Gasteiger partial charge in [0.2, 0.25) is 11.6 Å². The first-order valence-corrected chi connectivity index (χ1v) is 6.01. The van der Waals surface area contributed by atoms with Gasteiger partial charge in [-0.25, -0.2) is 10.1 Å². The SMILES string of the molecule is Cc1nn(C)c(F)c1/C=N\NC(=O)c1c([N+](=O)[O-])cnn1C. The van der Waals surface area contributed by atoms with Gasteiger partial charge in [-0.05, 0) is 6.92 Å². The number of nitro groups is 1. The zero-order chi connectivity index (χ0) is 16.4. The second kappa shape index (κ2) is 5.71. The summed E-state index contributed by atoms with van der Waals surface area (Å²) in [6, 6.07) is 0. The van der Waals surface area contributed by atoms with E-state index in [0.717, 1.165) is 21.8 Å². The summed E-state index contributed by atoms with van der Waals surface area (Å²) in [6.45, 7) is 1.58. The Balaban J connectivity index is 2.18. The molecule has 0 saturated heterocycles. The highest BCUT2D eigenvalue weighted by molar-refractivity contribution is 5.96. The molecule has 0 saturated carbocycles. The summed E-state index contributed by atoms with van der Waals surface area (Å²) in [4.78, 5) is 22.0. The molecule has 0 bridgehead atoms. The predicted molar refractivity (Wildman–Crippen MR) is 72.8 cm³/mol. The van der Waals surface area contributed by atoms with E-state index in [1.54, 1.807) is 6.92 Å². The van der Waals surface area contributed by atoms with Crippen LogP contribution in [0.4, 0.5) is 10.1 Å². The highest BCUT2D eigenvalue weighted by atomic mass is 19.1. The molecule has 0 unspecified atom stereocenters. The maximum atomic E-state index is 13.6. The van der Waals surface area contributed by atoms with E-state index >= 15 is 0 Å². The molecular weight excluding hydrogens is 297 g/mol. The summed E-state index contributed by atoms with van der Waals surface area (Å²) in [5, 5.41) is 21.9. The molecule has 1 amide bonds. The van der Waals surface area contributed by atoms with Crippen LogP contribution in [0.1, 0.15) is 21.7 Å². The Labute approximate surface area is 123 Å². The Morgan fingerprint density at radius 2 is 2.18 bits per heavy atom. The van der Waals surface area contributed by atoms with Crippen molar-refractivity contribution < 1.29 is 14.1 Å². The van der Waals surface area contributed by atoms with E-state index in [1.807, 2.05) is 0 Å². The van der Waals surface area contributed by atoms with Crippen LogP contribution in [0.25, 0.3) is 0 Å².